The quantitative estimate of drug-likeness (QED) is 0.675. The zero-order valence-corrected chi connectivity index (χ0v) is 8.80. The normalized spacial score (nSPS) is 14.3. The van der Waals surface area contributed by atoms with Crippen molar-refractivity contribution < 1.29 is 9.53 Å². The fraction of sp³-hybridized carbons (Fsp3) is 0.444. The molecule has 70 valence electrons. The number of ether oxygens (including phenoxy) is 1. The monoisotopic (exact) mass is 216 g/mol. The molecule has 1 aliphatic carbocycles. The van der Waals surface area contributed by atoms with Crippen LogP contribution in [0, 0.1) is 0 Å². The number of thiophene rings is 1. The van der Waals surface area contributed by atoms with Crippen LogP contribution in [0.3, 0.4) is 0 Å². The third kappa shape index (κ3) is 1.36. The van der Waals surface area contributed by atoms with Crippen LogP contribution in [-0.2, 0) is 17.6 Å². The van der Waals surface area contributed by atoms with Crippen molar-refractivity contribution in [3.8, 4) is 0 Å². The molecule has 0 spiro atoms. The summed E-state index contributed by atoms with van der Waals surface area (Å²) in [6.45, 7) is 0. The Morgan fingerprint density at radius 2 is 2.31 bits per heavy atom. The highest BCUT2D eigenvalue weighted by Crippen LogP contribution is 2.38. The van der Waals surface area contributed by atoms with Crippen LogP contribution in [0.5, 0.6) is 0 Å². The standard InChI is InChI=1S/C9H9ClO2S/c1-12-9(11)8-7(10)5-3-2-4-6(5)13-8/h2-4H2,1H3. The second-order valence-electron chi connectivity index (χ2n) is 2.99. The molecule has 0 saturated carbocycles. The summed E-state index contributed by atoms with van der Waals surface area (Å²) in [6.07, 6.45) is 3.21. The number of rotatable bonds is 1. The van der Waals surface area contributed by atoms with Crippen LogP contribution >= 0.6 is 22.9 Å². The minimum atomic E-state index is -0.315. The van der Waals surface area contributed by atoms with Crippen molar-refractivity contribution in [3.63, 3.8) is 0 Å². The van der Waals surface area contributed by atoms with Gasteiger partial charge in [-0.2, -0.15) is 0 Å². The average Bonchev–Trinajstić information content (AvgIpc) is 2.68. The van der Waals surface area contributed by atoms with E-state index in [9.17, 15) is 4.79 Å². The molecular weight excluding hydrogens is 208 g/mol. The molecule has 1 aromatic heterocycles. The Balaban J connectivity index is 2.44. The van der Waals surface area contributed by atoms with E-state index in [0.717, 1.165) is 24.8 Å². The maximum atomic E-state index is 11.2. The van der Waals surface area contributed by atoms with E-state index in [1.165, 1.54) is 23.3 Å². The van der Waals surface area contributed by atoms with Gasteiger partial charge in [-0.1, -0.05) is 11.6 Å². The van der Waals surface area contributed by atoms with E-state index < -0.39 is 0 Å². The van der Waals surface area contributed by atoms with Gasteiger partial charge in [0.25, 0.3) is 0 Å². The van der Waals surface area contributed by atoms with Crippen molar-refractivity contribution in [2.45, 2.75) is 19.3 Å². The summed E-state index contributed by atoms with van der Waals surface area (Å²) in [6, 6.07) is 0. The summed E-state index contributed by atoms with van der Waals surface area (Å²) < 4.78 is 4.64. The van der Waals surface area contributed by atoms with Gasteiger partial charge >= 0.3 is 5.97 Å². The van der Waals surface area contributed by atoms with E-state index >= 15 is 0 Å². The van der Waals surface area contributed by atoms with E-state index in [1.54, 1.807) is 0 Å². The van der Waals surface area contributed by atoms with Gasteiger partial charge in [0.2, 0.25) is 0 Å². The van der Waals surface area contributed by atoms with Crippen molar-refractivity contribution in [3.05, 3.63) is 20.3 Å². The van der Waals surface area contributed by atoms with Gasteiger partial charge in [0.15, 0.2) is 0 Å². The molecule has 0 aliphatic heterocycles. The van der Waals surface area contributed by atoms with Crippen LogP contribution in [0.25, 0.3) is 0 Å². The minimum absolute atomic E-state index is 0.315. The lowest BCUT2D eigenvalue weighted by molar-refractivity contribution is 0.0606. The Labute approximate surface area is 85.5 Å². The first kappa shape index (κ1) is 9.03. The molecule has 0 bridgehead atoms. The van der Waals surface area contributed by atoms with Crippen molar-refractivity contribution in [2.24, 2.45) is 0 Å². The van der Waals surface area contributed by atoms with E-state index in [1.807, 2.05) is 0 Å². The highest BCUT2D eigenvalue weighted by Gasteiger charge is 2.24. The van der Waals surface area contributed by atoms with Crippen LogP contribution in [-0.4, -0.2) is 13.1 Å². The first-order valence-electron chi connectivity index (χ1n) is 4.12. The van der Waals surface area contributed by atoms with Gasteiger partial charge in [-0.25, -0.2) is 4.79 Å². The van der Waals surface area contributed by atoms with Crippen LogP contribution in [0.4, 0.5) is 0 Å². The van der Waals surface area contributed by atoms with Crippen LogP contribution in [0.15, 0.2) is 0 Å². The second-order valence-corrected chi connectivity index (χ2v) is 4.48. The van der Waals surface area contributed by atoms with Crippen molar-refractivity contribution in [2.75, 3.05) is 7.11 Å². The Bertz CT molecular complexity index is 357. The second kappa shape index (κ2) is 3.31. The number of methoxy groups -OCH3 is 1. The van der Waals surface area contributed by atoms with Gasteiger partial charge in [0.05, 0.1) is 12.1 Å². The maximum Gasteiger partial charge on any atom is 0.349 e. The number of esters is 1. The molecule has 0 unspecified atom stereocenters. The van der Waals surface area contributed by atoms with Crippen molar-refractivity contribution in [1.29, 1.82) is 0 Å². The number of hydrogen-bond donors (Lipinski definition) is 0. The maximum absolute atomic E-state index is 11.2. The Morgan fingerprint density at radius 1 is 1.54 bits per heavy atom. The molecule has 13 heavy (non-hydrogen) atoms. The third-order valence-electron chi connectivity index (χ3n) is 2.23. The highest BCUT2D eigenvalue weighted by molar-refractivity contribution is 7.14. The van der Waals surface area contributed by atoms with E-state index in [4.69, 9.17) is 11.6 Å². The Kier molecular flexibility index (Phi) is 2.30. The number of fused-ring (bicyclic) bond motifs is 1. The van der Waals surface area contributed by atoms with Gasteiger partial charge in [-0.3, -0.25) is 0 Å². The molecule has 1 aliphatic rings. The summed E-state index contributed by atoms with van der Waals surface area (Å²) in [7, 11) is 1.38. The fourth-order valence-electron chi connectivity index (χ4n) is 1.59. The summed E-state index contributed by atoms with van der Waals surface area (Å²) in [4.78, 5) is 13.1. The summed E-state index contributed by atoms with van der Waals surface area (Å²) in [5.74, 6) is -0.315. The van der Waals surface area contributed by atoms with Crippen LogP contribution in [0.2, 0.25) is 5.02 Å². The van der Waals surface area contributed by atoms with Crippen LogP contribution in [0.1, 0.15) is 26.5 Å². The SMILES string of the molecule is COC(=O)c1sc2c(c1Cl)CCC2. The van der Waals surface area contributed by atoms with Crippen molar-refractivity contribution in [1.82, 2.24) is 0 Å². The number of hydrogen-bond acceptors (Lipinski definition) is 3. The number of aryl methyl sites for hydroxylation is 1. The van der Waals surface area contributed by atoms with E-state index in [-0.39, 0.29) is 5.97 Å². The number of halogens is 1. The highest BCUT2D eigenvalue weighted by atomic mass is 35.5. The first-order valence-corrected chi connectivity index (χ1v) is 5.32. The zero-order valence-electron chi connectivity index (χ0n) is 7.22. The molecule has 0 radical (unpaired) electrons. The zero-order chi connectivity index (χ0) is 9.42. The van der Waals surface area contributed by atoms with Gasteiger partial charge in [0, 0.05) is 4.88 Å². The fourth-order valence-corrected chi connectivity index (χ4v) is 3.25. The topological polar surface area (TPSA) is 26.3 Å². The molecule has 0 fully saturated rings. The first-order chi connectivity index (χ1) is 6.24. The summed E-state index contributed by atoms with van der Waals surface area (Å²) in [5.41, 5.74) is 1.16. The van der Waals surface area contributed by atoms with Gasteiger partial charge in [0.1, 0.15) is 4.88 Å². The van der Waals surface area contributed by atoms with Crippen LogP contribution < -0.4 is 0 Å². The predicted molar refractivity (Wildman–Crippen MR) is 52.7 cm³/mol. The summed E-state index contributed by atoms with van der Waals surface area (Å²) >= 11 is 7.53. The molecule has 0 aromatic carbocycles. The lowest BCUT2D eigenvalue weighted by Gasteiger charge is -1.96. The lowest BCUT2D eigenvalue weighted by atomic mass is 10.2. The van der Waals surface area contributed by atoms with Crippen molar-refractivity contribution >= 4 is 28.9 Å². The molecule has 1 aromatic rings. The van der Waals surface area contributed by atoms with E-state index in [0.29, 0.717) is 9.90 Å². The molecular formula is C9H9ClO2S. The largest absolute Gasteiger partial charge is 0.465 e. The molecule has 0 N–H and O–H groups in total. The summed E-state index contributed by atoms with van der Waals surface area (Å²) in [5, 5.41) is 0.615. The molecule has 1 heterocycles. The number of carbonyl (C=O) groups excluding carboxylic acids is 1. The Morgan fingerprint density at radius 3 is 2.92 bits per heavy atom. The molecule has 0 saturated heterocycles. The molecule has 2 rings (SSSR count). The third-order valence-corrected chi connectivity index (χ3v) is 4.03. The average molecular weight is 217 g/mol. The van der Waals surface area contributed by atoms with Gasteiger partial charge in [-0.15, -0.1) is 11.3 Å². The minimum Gasteiger partial charge on any atom is -0.465 e. The van der Waals surface area contributed by atoms with Gasteiger partial charge < -0.3 is 4.74 Å². The van der Waals surface area contributed by atoms with Gasteiger partial charge in [-0.05, 0) is 24.8 Å². The molecule has 0 amide bonds. The predicted octanol–water partition coefficient (Wildman–Crippen LogP) is 2.68. The molecule has 0 atom stereocenters. The molecule has 4 heteroatoms. The Hall–Kier alpha value is -0.540. The smallest absolute Gasteiger partial charge is 0.349 e. The molecule has 2 nitrogen and oxygen atoms in total. The van der Waals surface area contributed by atoms with E-state index in [2.05, 4.69) is 4.74 Å². The number of carbonyl (C=O) groups is 1. The lowest BCUT2D eigenvalue weighted by Crippen LogP contribution is -1.98.